The first kappa shape index (κ1) is 65.6. The van der Waals surface area contributed by atoms with E-state index in [4.69, 9.17) is 14.2 Å². The van der Waals surface area contributed by atoms with Crippen LogP contribution in [0.3, 0.4) is 0 Å². The third-order valence-electron chi connectivity index (χ3n) is 12.4. The van der Waals surface area contributed by atoms with Crippen molar-refractivity contribution in [3.8, 4) is 0 Å². The quantitative estimate of drug-likeness (QED) is 0.0262. The Hall–Kier alpha value is -3.41. The molecule has 0 saturated carbocycles. The second-order valence-electron chi connectivity index (χ2n) is 19.2. The summed E-state index contributed by atoms with van der Waals surface area (Å²) in [5.41, 5.74) is 0. The van der Waals surface area contributed by atoms with E-state index in [0.29, 0.717) is 19.3 Å². The van der Waals surface area contributed by atoms with Gasteiger partial charge in [0.2, 0.25) is 0 Å². The number of esters is 3. The largest absolute Gasteiger partial charge is 0.462 e. The highest BCUT2D eigenvalue weighted by atomic mass is 16.6. The second-order valence-corrected chi connectivity index (χ2v) is 19.2. The van der Waals surface area contributed by atoms with Gasteiger partial charge in [0.1, 0.15) is 13.2 Å². The van der Waals surface area contributed by atoms with Crippen LogP contribution in [-0.4, -0.2) is 37.2 Å². The number of hydrogen-bond donors (Lipinski definition) is 0. The number of carbonyl (C=O) groups excluding carboxylic acids is 3. The highest BCUT2D eigenvalue weighted by Gasteiger charge is 2.19. The molecular formula is C63H108O6. The maximum absolute atomic E-state index is 12.9. The number of carbonyl (C=O) groups is 3. The van der Waals surface area contributed by atoms with E-state index in [0.717, 1.165) is 109 Å². The molecule has 0 aromatic carbocycles. The lowest BCUT2D eigenvalue weighted by Gasteiger charge is -2.18. The molecule has 6 heteroatoms. The van der Waals surface area contributed by atoms with Crippen LogP contribution >= 0.6 is 0 Å². The van der Waals surface area contributed by atoms with Gasteiger partial charge in [0.15, 0.2) is 6.10 Å². The molecule has 0 radical (unpaired) electrons. The molecule has 0 aliphatic carbocycles. The number of rotatable bonds is 52. The predicted octanol–water partition coefficient (Wildman–Crippen LogP) is 19.5. The van der Waals surface area contributed by atoms with Gasteiger partial charge in [-0.1, -0.05) is 228 Å². The minimum Gasteiger partial charge on any atom is -0.462 e. The third kappa shape index (κ3) is 55.4. The van der Waals surface area contributed by atoms with Crippen LogP contribution in [0.5, 0.6) is 0 Å². The number of ether oxygens (including phenoxy) is 3. The van der Waals surface area contributed by atoms with Gasteiger partial charge in [0.25, 0.3) is 0 Å². The molecule has 1 unspecified atom stereocenters. The summed E-state index contributed by atoms with van der Waals surface area (Å²) in [5, 5.41) is 0. The van der Waals surface area contributed by atoms with E-state index in [9.17, 15) is 14.4 Å². The predicted molar refractivity (Wildman–Crippen MR) is 297 cm³/mol. The van der Waals surface area contributed by atoms with Crippen molar-refractivity contribution < 1.29 is 28.6 Å². The topological polar surface area (TPSA) is 78.9 Å². The summed E-state index contributed by atoms with van der Waals surface area (Å²) >= 11 is 0. The molecule has 0 saturated heterocycles. The van der Waals surface area contributed by atoms with Crippen molar-refractivity contribution in [1.29, 1.82) is 0 Å². The van der Waals surface area contributed by atoms with Gasteiger partial charge in [0, 0.05) is 19.3 Å². The maximum atomic E-state index is 12.9. The highest BCUT2D eigenvalue weighted by molar-refractivity contribution is 5.71. The van der Waals surface area contributed by atoms with E-state index in [1.165, 1.54) is 128 Å². The zero-order valence-electron chi connectivity index (χ0n) is 45.3. The van der Waals surface area contributed by atoms with E-state index in [-0.39, 0.29) is 31.1 Å². The fraction of sp³-hybridized carbons (Fsp3) is 0.730. The van der Waals surface area contributed by atoms with Crippen LogP contribution in [0.15, 0.2) is 85.1 Å². The zero-order chi connectivity index (χ0) is 50.0. The van der Waals surface area contributed by atoms with Gasteiger partial charge < -0.3 is 14.2 Å². The van der Waals surface area contributed by atoms with Crippen molar-refractivity contribution in [2.24, 2.45) is 0 Å². The molecule has 0 fully saturated rings. The molecule has 0 spiro atoms. The normalized spacial score (nSPS) is 12.7. The molecule has 6 nitrogen and oxygen atoms in total. The Morgan fingerprint density at radius 1 is 0.304 bits per heavy atom. The van der Waals surface area contributed by atoms with Crippen LogP contribution in [0.4, 0.5) is 0 Å². The zero-order valence-corrected chi connectivity index (χ0v) is 45.3. The summed E-state index contributed by atoms with van der Waals surface area (Å²) in [6.45, 7) is 6.48. The average Bonchev–Trinajstić information content (AvgIpc) is 3.35. The standard InChI is InChI=1S/C63H108O6/c1-4-7-10-13-16-19-22-25-28-31-33-35-38-41-44-47-50-53-56-62(65)68-59-60(58-67-61(64)55-52-49-46-43-40-37-34-30-27-24-21-18-15-12-9-6-3)69-63(66)57-54-51-48-45-42-39-36-32-29-26-23-20-17-14-11-8-5-2/h9,12,17-18,20-21,26-27,29-30,33,35,37,40,60H,4-8,10-11,13-16,19,22-25,28,31-32,34,36,38-39,41-59H2,1-3H3/b12-9-,20-17-,21-18-,29-26-,30-27-,35-33-,40-37-. The van der Waals surface area contributed by atoms with Crippen molar-refractivity contribution in [2.45, 2.75) is 284 Å². The lowest BCUT2D eigenvalue weighted by molar-refractivity contribution is -0.167. The van der Waals surface area contributed by atoms with Gasteiger partial charge in [-0.05, 0) is 116 Å². The van der Waals surface area contributed by atoms with E-state index in [1.807, 2.05) is 0 Å². The van der Waals surface area contributed by atoms with Crippen LogP contribution < -0.4 is 0 Å². The van der Waals surface area contributed by atoms with Crippen molar-refractivity contribution in [3.63, 3.8) is 0 Å². The lowest BCUT2D eigenvalue weighted by Crippen LogP contribution is -2.30. The molecule has 0 aromatic rings. The third-order valence-corrected chi connectivity index (χ3v) is 12.4. The van der Waals surface area contributed by atoms with Crippen LogP contribution in [0, 0.1) is 0 Å². The molecule has 0 bridgehead atoms. The Balaban J connectivity index is 4.45. The second kappa shape index (κ2) is 57.2. The Bertz CT molecular complexity index is 1330. The maximum Gasteiger partial charge on any atom is 0.306 e. The number of hydrogen-bond acceptors (Lipinski definition) is 6. The van der Waals surface area contributed by atoms with E-state index >= 15 is 0 Å². The molecule has 0 rings (SSSR count). The summed E-state index contributed by atoms with van der Waals surface area (Å²) in [6, 6.07) is 0. The molecule has 1 atom stereocenters. The first-order valence-corrected chi connectivity index (χ1v) is 29.1. The molecule has 0 amide bonds. The Morgan fingerprint density at radius 2 is 0.565 bits per heavy atom. The SMILES string of the molecule is CC/C=C\C/C=C\C/C=C\C/C=C\CCCCCC(=O)OCC(COC(=O)CCCCCCC/C=C\CCCCCCCCCCC)OC(=O)CCCCCCCCC/C=C\C/C=C\CCCCC. The average molecular weight is 962 g/mol. The van der Waals surface area contributed by atoms with Gasteiger partial charge in [-0.3, -0.25) is 14.4 Å². The first-order chi connectivity index (χ1) is 34.0. The Labute approximate surface area is 426 Å². The minimum atomic E-state index is -0.798. The van der Waals surface area contributed by atoms with Crippen molar-refractivity contribution in [3.05, 3.63) is 85.1 Å². The summed E-state index contributed by atoms with van der Waals surface area (Å²) in [4.78, 5) is 38.2. The molecule has 0 N–H and O–H groups in total. The van der Waals surface area contributed by atoms with Gasteiger partial charge in [-0.25, -0.2) is 0 Å². The van der Waals surface area contributed by atoms with E-state index in [2.05, 4.69) is 106 Å². The molecule has 69 heavy (non-hydrogen) atoms. The van der Waals surface area contributed by atoms with Gasteiger partial charge in [0.05, 0.1) is 0 Å². The lowest BCUT2D eigenvalue weighted by atomic mass is 10.1. The van der Waals surface area contributed by atoms with Crippen molar-refractivity contribution in [1.82, 2.24) is 0 Å². The minimum absolute atomic E-state index is 0.0942. The fourth-order valence-corrected chi connectivity index (χ4v) is 7.99. The van der Waals surface area contributed by atoms with Crippen molar-refractivity contribution >= 4 is 17.9 Å². The molecule has 0 aliphatic rings. The molecule has 0 heterocycles. The van der Waals surface area contributed by atoms with Crippen LogP contribution in [0.25, 0.3) is 0 Å². The number of allylic oxidation sites excluding steroid dienone is 14. The highest BCUT2D eigenvalue weighted by Crippen LogP contribution is 2.15. The Kier molecular flexibility index (Phi) is 54.3. The summed E-state index contributed by atoms with van der Waals surface area (Å²) < 4.78 is 16.8. The van der Waals surface area contributed by atoms with Gasteiger partial charge >= 0.3 is 17.9 Å². The van der Waals surface area contributed by atoms with Gasteiger partial charge in [-0.2, -0.15) is 0 Å². The fourth-order valence-electron chi connectivity index (χ4n) is 7.99. The van der Waals surface area contributed by atoms with Crippen LogP contribution in [0.1, 0.15) is 278 Å². The summed E-state index contributed by atoms with van der Waals surface area (Å²) in [7, 11) is 0. The van der Waals surface area contributed by atoms with Crippen LogP contribution in [-0.2, 0) is 28.6 Å². The van der Waals surface area contributed by atoms with Crippen molar-refractivity contribution in [2.75, 3.05) is 13.2 Å². The smallest absolute Gasteiger partial charge is 0.306 e. The van der Waals surface area contributed by atoms with E-state index in [1.54, 1.807) is 0 Å². The molecular weight excluding hydrogens is 853 g/mol. The summed E-state index contributed by atoms with van der Waals surface area (Å²) in [6.07, 6.45) is 74.3. The molecule has 396 valence electrons. The van der Waals surface area contributed by atoms with Crippen LogP contribution in [0.2, 0.25) is 0 Å². The molecule has 0 aromatic heterocycles. The van der Waals surface area contributed by atoms with Gasteiger partial charge in [-0.15, -0.1) is 0 Å². The number of unbranched alkanes of at least 4 members (excludes halogenated alkanes) is 27. The first-order valence-electron chi connectivity index (χ1n) is 29.1. The Morgan fingerprint density at radius 3 is 0.942 bits per heavy atom. The summed E-state index contributed by atoms with van der Waals surface area (Å²) in [5.74, 6) is -0.936. The molecule has 0 aliphatic heterocycles. The van der Waals surface area contributed by atoms with E-state index < -0.39 is 6.10 Å². The monoisotopic (exact) mass is 961 g/mol.